The molecule has 3 aromatic rings. The van der Waals surface area contributed by atoms with E-state index in [0.29, 0.717) is 17.7 Å². The van der Waals surface area contributed by atoms with Gasteiger partial charge < -0.3 is 10.1 Å². The standard InChI is InChI=1S/C20H21IN4O3S/c1-20(2,3)28-19(27)13-10-14(24-16(11-13)18(26)22-4)9-12-5-7-23-17-15(12)6-8-25(17)29-21/h5-8,10-11H,9H2,1-4H3,(H,22,26). The molecule has 0 spiro atoms. The molecule has 0 aliphatic rings. The molecule has 29 heavy (non-hydrogen) atoms. The highest BCUT2D eigenvalue weighted by Gasteiger charge is 2.21. The fourth-order valence-corrected chi connectivity index (χ4v) is 4.12. The average Bonchev–Trinajstić information content (AvgIpc) is 3.10. The van der Waals surface area contributed by atoms with Gasteiger partial charge in [0, 0.05) is 67.3 Å². The highest BCUT2D eigenvalue weighted by molar-refractivity contribution is 14.2. The predicted octanol–water partition coefficient (Wildman–Crippen LogP) is 4.18. The molecule has 0 saturated carbocycles. The summed E-state index contributed by atoms with van der Waals surface area (Å²) in [7, 11) is 3.06. The van der Waals surface area contributed by atoms with Gasteiger partial charge >= 0.3 is 5.97 Å². The second-order valence-corrected chi connectivity index (χ2v) is 9.12. The lowest BCUT2D eigenvalue weighted by atomic mass is 10.0. The van der Waals surface area contributed by atoms with Crippen LogP contribution in [0.15, 0.2) is 36.7 Å². The smallest absolute Gasteiger partial charge is 0.338 e. The minimum Gasteiger partial charge on any atom is -0.456 e. The molecule has 3 heterocycles. The highest BCUT2D eigenvalue weighted by atomic mass is 127. The summed E-state index contributed by atoms with van der Waals surface area (Å²) in [5.74, 6) is -0.845. The number of carbonyl (C=O) groups is 2. The van der Waals surface area contributed by atoms with Crippen molar-refractivity contribution in [1.29, 1.82) is 0 Å². The Morgan fingerprint density at radius 3 is 2.69 bits per heavy atom. The Labute approximate surface area is 185 Å². The van der Waals surface area contributed by atoms with Crippen molar-refractivity contribution in [2.75, 3.05) is 7.05 Å². The molecule has 1 amide bonds. The van der Waals surface area contributed by atoms with Crippen molar-refractivity contribution in [2.24, 2.45) is 0 Å². The molecule has 0 aromatic carbocycles. The van der Waals surface area contributed by atoms with Gasteiger partial charge in [-0.3, -0.25) is 8.77 Å². The van der Waals surface area contributed by atoms with Crippen molar-refractivity contribution in [3.63, 3.8) is 0 Å². The Bertz CT molecular complexity index is 1080. The van der Waals surface area contributed by atoms with Crippen LogP contribution >= 0.6 is 30.3 Å². The zero-order valence-corrected chi connectivity index (χ0v) is 19.5. The highest BCUT2D eigenvalue weighted by Crippen LogP contribution is 2.26. The fourth-order valence-electron chi connectivity index (χ4n) is 2.85. The molecule has 1 N–H and O–H groups in total. The van der Waals surface area contributed by atoms with Crippen LogP contribution in [-0.4, -0.2) is 38.5 Å². The molecule has 0 atom stereocenters. The number of pyridine rings is 2. The summed E-state index contributed by atoms with van der Waals surface area (Å²) >= 11 is 2.20. The van der Waals surface area contributed by atoms with E-state index in [-0.39, 0.29) is 11.6 Å². The number of nitrogens with one attached hydrogen (secondary N) is 1. The first-order chi connectivity index (χ1) is 13.7. The zero-order chi connectivity index (χ0) is 21.2. The number of aromatic nitrogens is 3. The first-order valence-corrected chi connectivity index (χ1v) is 12.2. The maximum Gasteiger partial charge on any atom is 0.338 e. The summed E-state index contributed by atoms with van der Waals surface area (Å²) in [6.07, 6.45) is 4.16. The largest absolute Gasteiger partial charge is 0.456 e. The third-order valence-corrected chi connectivity index (χ3v) is 5.78. The van der Waals surface area contributed by atoms with E-state index in [1.807, 2.05) is 22.3 Å². The molecule has 152 valence electrons. The molecule has 9 heteroatoms. The molecule has 0 aliphatic heterocycles. The lowest BCUT2D eigenvalue weighted by Gasteiger charge is -2.20. The van der Waals surface area contributed by atoms with Gasteiger partial charge in [0.05, 0.1) is 5.56 Å². The number of ether oxygens (including phenoxy) is 1. The first-order valence-electron chi connectivity index (χ1n) is 8.92. The maximum atomic E-state index is 12.6. The third-order valence-electron chi connectivity index (χ3n) is 4.06. The van der Waals surface area contributed by atoms with E-state index in [4.69, 9.17) is 4.74 Å². The number of amides is 1. The van der Waals surface area contributed by atoms with Crippen molar-refractivity contribution in [3.05, 3.63) is 59.2 Å². The zero-order valence-electron chi connectivity index (χ0n) is 16.5. The van der Waals surface area contributed by atoms with E-state index in [1.165, 1.54) is 22.2 Å². The summed E-state index contributed by atoms with van der Waals surface area (Å²) in [6, 6.07) is 7.06. The second kappa shape index (κ2) is 8.70. The number of rotatable bonds is 5. The molecule has 3 aromatic heterocycles. The van der Waals surface area contributed by atoms with E-state index in [0.717, 1.165) is 16.6 Å². The van der Waals surface area contributed by atoms with Crippen LogP contribution in [0.25, 0.3) is 11.0 Å². The van der Waals surface area contributed by atoms with Crippen LogP contribution in [0.5, 0.6) is 0 Å². The van der Waals surface area contributed by atoms with Crippen LogP contribution in [0.4, 0.5) is 0 Å². The number of nitrogens with zero attached hydrogens (tertiary/aromatic N) is 3. The summed E-state index contributed by atoms with van der Waals surface area (Å²) < 4.78 is 7.44. The van der Waals surface area contributed by atoms with Gasteiger partial charge in [-0.2, -0.15) is 0 Å². The molecular weight excluding hydrogens is 503 g/mol. The van der Waals surface area contributed by atoms with Gasteiger partial charge in [-0.1, -0.05) is 0 Å². The predicted molar refractivity (Wildman–Crippen MR) is 122 cm³/mol. The second-order valence-electron chi connectivity index (χ2n) is 7.41. The Morgan fingerprint density at radius 2 is 2.03 bits per heavy atom. The van der Waals surface area contributed by atoms with Crippen LogP contribution in [0, 0.1) is 0 Å². The van der Waals surface area contributed by atoms with E-state index >= 15 is 0 Å². The minimum absolute atomic E-state index is 0.177. The number of hydrogen-bond acceptors (Lipinski definition) is 6. The third kappa shape index (κ3) is 5.08. The Morgan fingerprint density at radius 1 is 1.28 bits per heavy atom. The van der Waals surface area contributed by atoms with Crippen LogP contribution < -0.4 is 5.32 Å². The van der Waals surface area contributed by atoms with Gasteiger partial charge in [0.1, 0.15) is 11.3 Å². The number of esters is 1. The van der Waals surface area contributed by atoms with Crippen LogP contribution in [0.2, 0.25) is 0 Å². The maximum absolute atomic E-state index is 12.6. The van der Waals surface area contributed by atoms with E-state index in [9.17, 15) is 9.59 Å². The molecule has 0 bridgehead atoms. The molecule has 7 nitrogen and oxygen atoms in total. The molecule has 0 fully saturated rings. The summed E-state index contributed by atoms with van der Waals surface area (Å²) in [5, 5.41) is 3.56. The van der Waals surface area contributed by atoms with Gasteiger partial charge in [0.15, 0.2) is 5.65 Å². The van der Waals surface area contributed by atoms with Gasteiger partial charge in [0.25, 0.3) is 5.91 Å². The Kier molecular flexibility index (Phi) is 6.47. The molecule has 0 radical (unpaired) electrons. The summed E-state index contributed by atoms with van der Waals surface area (Å²) in [5.41, 5.74) is 2.32. The summed E-state index contributed by atoms with van der Waals surface area (Å²) in [4.78, 5) is 33.7. The van der Waals surface area contributed by atoms with Crippen molar-refractivity contribution in [2.45, 2.75) is 32.8 Å². The number of carbonyl (C=O) groups excluding carboxylic acids is 2. The van der Waals surface area contributed by atoms with Crippen molar-refractivity contribution >= 4 is 53.2 Å². The normalized spacial score (nSPS) is 11.5. The molecule has 0 saturated heterocycles. The van der Waals surface area contributed by atoms with Gasteiger partial charge in [0.2, 0.25) is 0 Å². The van der Waals surface area contributed by atoms with Crippen molar-refractivity contribution < 1.29 is 14.3 Å². The minimum atomic E-state index is -0.634. The van der Waals surface area contributed by atoms with Crippen molar-refractivity contribution in [1.82, 2.24) is 19.3 Å². The van der Waals surface area contributed by atoms with E-state index in [1.54, 1.807) is 33.0 Å². The fraction of sp³-hybridized carbons (Fsp3) is 0.300. The number of hydrogen-bond donors (Lipinski definition) is 1. The number of halogens is 1. The molecule has 0 unspecified atom stereocenters. The van der Waals surface area contributed by atoms with Crippen LogP contribution in [0.3, 0.4) is 0 Å². The van der Waals surface area contributed by atoms with Crippen LogP contribution in [-0.2, 0) is 11.2 Å². The lowest BCUT2D eigenvalue weighted by molar-refractivity contribution is 0.00692. The van der Waals surface area contributed by atoms with E-state index < -0.39 is 11.6 Å². The topological polar surface area (TPSA) is 86.1 Å². The van der Waals surface area contributed by atoms with Gasteiger partial charge in [-0.25, -0.2) is 14.8 Å². The SMILES string of the molecule is CNC(=O)c1cc(C(=O)OC(C)(C)C)cc(Cc2ccnc3c2ccn3SI)n1. The molecule has 0 aliphatic carbocycles. The molecule has 3 rings (SSSR count). The average molecular weight is 524 g/mol. The van der Waals surface area contributed by atoms with Gasteiger partial charge in [-0.15, -0.1) is 0 Å². The lowest BCUT2D eigenvalue weighted by Crippen LogP contribution is -2.25. The Hall–Kier alpha value is -2.14. The van der Waals surface area contributed by atoms with E-state index in [2.05, 4.69) is 36.5 Å². The van der Waals surface area contributed by atoms with Gasteiger partial charge in [-0.05, 0) is 50.6 Å². The van der Waals surface area contributed by atoms with Crippen LogP contribution in [0.1, 0.15) is 52.9 Å². The summed E-state index contributed by atoms with van der Waals surface area (Å²) in [6.45, 7) is 5.41. The van der Waals surface area contributed by atoms with Crippen molar-refractivity contribution in [3.8, 4) is 0 Å². The quantitative estimate of drug-likeness (QED) is 0.398. The first kappa shape index (κ1) is 21.6. The monoisotopic (exact) mass is 524 g/mol. The molecular formula is C20H21IN4O3S. The Balaban J connectivity index is 2.02. The number of fused-ring (bicyclic) bond motifs is 1.